The number of amides is 1. The van der Waals surface area contributed by atoms with Gasteiger partial charge < -0.3 is 25.3 Å². The van der Waals surface area contributed by atoms with Crippen molar-refractivity contribution >= 4 is 44.7 Å². The number of hydrogen-bond donors (Lipinski definition) is 2. The molecule has 54 heavy (non-hydrogen) atoms. The molecule has 0 saturated heterocycles. The van der Waals surface area contributed by atoms with Crippen molar-refractivity contribution in [2.45, 2.75) is 54.4 Å². The van der Waals surface area contributed by atoms with Crippen molar-refractivity contribution in [3.8, 4) is 11.4 Å². The summed E-state index contributed by atoms with van der Waals surface area (Å²) in [5, 5.41) is 17.1. The number of methoxy groups -OCH3 is 2. The molecule has 0 spiro atoms. The lowest BCUT2D eigenvalue weighted by Gasteiger charge is -2.09. The minimum atomic E-state index is -0.611. The molecular weight excluding hydrogens is 709 g/mol. The lowest BCUT2D eigenvalue weighted by Crippen LogP contribution is -2.12. The number of rotatable bonds is 8. The van der Waals surface area contributed by atoms with Crippen molar-refractivity contribution in [3.63, 3.8) is 0 Å². The number of anilines is 1. The molecule has 16 heteroatoms. The van der Waals surface area contributed by atoms with Crippen LogP contribution in [-0.4, -0.2) is 89.3 Å². The molecule has 290 valence electrons. The Bertz CT molecular complexity index is 1880. The van der Waals surface area contributed by atoms with Crippen LogP contribution >= 0.6 is 0 Å². The minimum absolute atomic E-state index is 0. The number of aldehydes is 2. The summed E-state index contributed by atoms with van der Waals surface area (Å²) >= 11 is 0. The van der Waals surface area contributed by atoms with Gasteiger partial charge in [-0.15, -0.1) is 20.4 Å². The average Bonchev–Trinajstić information content (AvgIpc) is 3.88. The van der Waals surface area contributed by atoms with Gasteiger partial charge in [-0.1, -0.05) is 57.9 Å². The topological polar surface area (TPSA) is 203 Å². The van der Waals surface area contributed by atoms with Gasteiger partial charge in [-0.05, 0) is 67.8 Å². The quantitative estimate of drug-likeness (QED) is 0.0649. The summed E-state index contributed by atoms with van der Waals surface area (Å²) in [4.78, 5) is 51.9. The predicted molar refractivity (Wildman–Crippen MR) is 212 cm³/mol. The fraction of sp³-hybridized carbons (Fsp3) is 0.289. The summed E-state index contributed by atoms with van der Waals surface area (Å²) in [6.45, 7) is 15.0. The van der Waals surface area contributed by atoms with Crippen LogP contribution in [0.25, 0.3) is 11.4 Å². The molecule has 0 bridgehead atoms. The summed E-state index contributed by atoms with van der Waals surface area (Å²) in [6, 6.07) is 16.1. The number of carbonyl (C=O) groups is 5. The number of nitrogens with zero attached hydrogens (tertiary/aromatic N) is 6. The Morgan fingerprint density at radius 1 is 0.704 bits per heavy atom. The molecule has 3 N–H and O–H groups in total. The number of hydrogen-bond acceptors (Lipinski definition) is 12. The van der Waals surface area contributed by atoms with Crippen LogP contribution in [0.4, 0.5) is 5.69 Å². The van der Waals surface area contributed by atoms with Gasteiger partial charge in [-0.2, -0.15) is 0 Å². The fourth-order valence-electron chi connectivity index (χ4n) is 4.01. The third-order valence-corrected chi connectivity index (χ3v) is 6.64. The van der Waals surface area contributed by atoms with Crippen LogP contribution < -0.4 is 11.1 Å². The maximum Gasteiger partial charge on any atom is 0.338 e. The van der Waals surface area contributed by atoms with Crippen molar-refractivity contribution in [2.24, 2.45) is 0 Å². The van der Waals surface area contributed by atoms with Gasteiger partial charge in [-0.25, -0.2) is 9.59 Å². The van der Waals surface area contributed by atoms with E-state index in [-0.39, 0.29) is 25.9 Å². The number of benzene rings is 3. The van der Waals surface area contributed by atoms with Crippen molar-refractivity contribution in [1.82, 2.24) is 34.8 Å². The molecule has 3 aromatic carbocycles. The van der Waals surface area contributed by atoms with Crippen molar-refractivity contribution in [3.05, 3.63) is 113 Å². The second-order valence-electron chi connectivity index (χ2n) is 12.5. The standard InChI is InChI=1S/C11H11N3O2.C10H9N3O.C9H11NO2.C4H12Si.C3H5NO2.CH4/c1-8-9(11(15)16-2)4-3-5-10(8)14-6-12-13-7-14;1-8-9(5-14)3-2-4-10(8)13-6-11-12-7-13;1-6-7(9(11)12-2)4-3-5-8(6)10;1-5(2,3)4;5-2-1-4-3-6;/h3-7H,1-2H3;2-7H,1H3;3-5H,10H2,1-2H3;1-4H3;2-3H,1H2,(H,4,6);1H4. The van der Waals surface area contributed by atoms with Gasteiger partial charge in [0.05, 0.1) is 43.3 Å². The lowest BCUT2D eigenvalue weighted by atomic mass is 10.1. The Labute approximate surface area is 317 Å². The van der Waals surface area contributed by atoms with Crippen LogP contribution in [0, 0.1) is 20.8 Å². The SMILES string of the molecule is C.COC(=O)c1cccc(-n2cnnc2)c1C.COC(=O)c1cccc(N)c1C.C[Si](C)(C)C.Cc1c(C=O)cccc1-n1cnnc1.O=CCNC=O. The van der Waals surface area contributed by atoms with E-state index in [4.69, 9.17) is 10.5 Å². The van der Waals surface area contributed by atoms with Crippen molar-refractivity contribution < 1.29 is 33.4 Å². The largest absolute Gasteiger partial charge is 0.465 e. The molecule has 5 aromatic rings. The molecule has 0 aliphatic rings. The van der Waals surface area contributed by atoms with Crippen LogP contribution in [0.15, 0.2) is 79.9 Å². The molecule has 2 heterocycles. The highest BCUT2D eigenvalue weighted by Crippen LogP contribution is 2.19. The Morgan fingerprint density at radius 2 is 1.11 bits per heavy atom. The van der Waals surface area contributed by atoms with Crippen LogP contribution in [0.1, 0.15) is 55.2 Å². The first-order valence-corrected chi connectivity index (χ1v) is 20.1. The summed E-state index contributed by atoms with van der Waals surface area (Å²) in [5.41, 5.74) is 12.3. The Hall–Kier alpha value is -6.29. The van der Waals surface area contributed by atoms with Crippen LogP contribution in [0.5, 0.6) is 0 Å². The van der Waals surface area contributed by atoms with Gasteiger partial charge >= 0.3 is 11.9 Å². The highest BCUT2D eigenvalue weighted by Gasteiger charge is 2.13. The normalized spacial score (nSPS) is 9.57. The van der Waals surface area contributed by atoms with Gasteiger partial charge in [0.25, 0.3) is 0 Å². The molecule has 0 aliphatic carbocycles. The molecule has 0 fully saturated rings. The first kappa shape index (κ1) is 47.7. The first-order valence-electron chi connectivity index (χ1n) is 16.1. The zero-order valence-electron chi connectivity index (χ0n) is 31.6. The van der Waals surface area contributed by atoms with E-state index < -0.39 is 8.07 Å². The highest BCUT2D eigenvalue weighted by molar-refractivity contribution is 6.74. The van der Waals surface area contributed by atoms with Gasteiger partial charge in [0.1, 0.15) is 37.9 Å². The average molecular weight is 761 g/mol. The maximum atomic E-state index is 11.5. The van der Waals surface area contributed by atoms with E-state index in [9.17, 15) is 24.0 Å². The minimum Gasteiger partial charge on any atom is -0.465 e. The third-order valence-electron chi connectivity index (χ3n) is 6.64. The molecule has 0 unspecified atom stereocenters. The monoisotopic (exact) mass is 760 g/mol. The van der Waals surface area contributed by atoms with Gasteiger partial charge in [0, 0.05) is 19.3 Å². The molecule has 0 atom stereocenters. The number of nitrogens with one attached hydrogen (secondary N) is 1. The van der Waals surface area contributed by atoms with Crippen molar-refractivity contribution in [1.29, 1.82) is 0 Å². The van der Waals surface area contributed by atoms with Crippen LogP contribution in [0.3, 0.4) is 0 Å². The van der Waals surface area contributed by atoms with Crippen molar-refractivity contribution in [2.75, 3.05) is 26.5 Å². The van der Waals surface area contributed by atoms with Gasteiger partial charge in [0.2, 0.25) is 6.41 Å². The van der Waals surface area contributed by atoms with Crippen LogP contribution in [-0.2, 0) is 19.1 Å². The zero-order valence-corrected chi connectivity index (χ0v) is 32.6. The molecule has 15 nitrogen and oxygen atoms in total. The van der Waals surface area contributed by atoms with E-state index in [2.05, 4.69) is 56.6 Å². The van der Waals surface area contributed by atoms with Gasteiger partial charge in [0.15, 0.2) is 0 Å². The molecule has 2 aromatic heterocycles. The first-order chi connectivity index (χ1) is 25.1. The van der Waals surface area contributed by atoms with Crippen LogP contribution in [0.2, 0.25) is 26.2 Å². The Morgan fingerprint density at radius 3 is 1.50 bits per heavy atom. The number of nitrogen functional groups attached to an aromatic ring is 1. The number of nitrogens with two attached hydrogens (primary N) is 1. The second-order valence-corrected chi connectivity index (χ2v) is 18.5. The lowest BCUT2D eigenvalue weighted by molar-refractivity contribution is -0.113. The summed E-state index contributed by atoms with van der Waals surface area (Å²) in [7, 11) is 2.11. The van der Waals surface area contributed by atoms with Gasteiger partial charge in [-0.3, -0.25) is 18.7 Å². The third kappa shape index (κ3) is 16.4. The summed E-state index contributed by atoms with van der Waals surface area (Å²) in [5.74, 6) is -0.688. The smallest absolute Gasteiger partial charge is 0.338 e. The molecule has 1 amide bonds. The Balaban J connectivity index is 0.000000686. The number of ether oxygens (including phenoxy) is 2. The number of esters is 2. The Kier molecular flexibility index (Phi) is 21.9. The summed E-state index contributed by atoms with van der Waals surface area (Å²) in [6.07, 6.45) is 8.34. The van der Waals surface area contributed by atoms with E-state index in [0.717, 1.165) is 34.4 Å². The highest BCUT2D eigenvalue weighted by atomic mass is 28.3. The maximum absolute atomic E-state index is 11.5. The van der Waals surface area contributed by atoms with E-state index in [1.54, 1.807) is 77.8 Å². The summed E-state index contributed by atoms with van der Waals surface area (Å²) < 4.78 is 12.8. The predicted octanol–water partition coefficient (Wildman–Crippen LogP) is 5.64. The molecule has 0 radical (unpaired) electrons. The molecule has 0 aliphatic heterocycles. The van der Waals surface area contributed by atoms with E-state index >= 15 is 0 Å². The fourth-order valence-corrected chi connectivity index (χ4v) is 4.01. The second kappa shape index (κ2) is 24.8. The van der Waals surface area contributed by atoms with E-state index in [1.807, 2.05) is 32.0 Å². The molecule has 5 rings (SSSR count). The number of carbonyl (C=O) groups excluding carboxylic acids is 5. The zero-order chi connectivity index (χ0) is 40.0. The molecular formula is C38H52N8O7Si. The van der Waals surface area contributed by atoms with E-state index in [1.165, 1.54) is 14.2 Å². The number of aromatic nitrogens is 6. The van der Waals surface area contributed by atoms with E-state index in [0.29, 0.717) is 35.1 Å². The molecule has 0 saturated carbocycles.